The van der Waals surface area contributed by atoms with E-state index in [1.807, 2.05) is 36.1 Å². The van der Waals surface area contributed by atoms with Gasteiger partial charge in [-0.05, 0) is 37.8 Å². The van der Waals surface area contributed by atoms with E-state index in [4.69, 9.17) is 5.73 Å². The van der Waals surface area contributed by atoms with E-state index in [9.17, 15) is 9.59 Å². The lowest BCUT2D eigenvalue weighted by atomic mass is 9.99. The zero-order chi connectivity index (χ0) is 15.9. The number of carbonyl (C=O) groups excluding carboxylic acids is 2. The summed E-state index contributed by atoms with van der Waals surface area (Å²) in [6.45, 7) is 3.57. The summed E-state index contributed by atoms with van der Waals surface area (Å²) in [5, 5.41) is 2.89. The minimum absolute atomic E-state index is 0.0450. The highest BCUT2D eigenvalue weighted by atomic mass is 16.2. The van der Waals surface area contributed by atoms with Crippen molar-refractivity contribution in [3.8, 4) is 0 Å². The van der Waals surface area contributed by atoms with Gasteiger partial charge in [0.05, 0.1) is 0 Å². The normalized spacial score (nSPS) is 18.1. The summed E-state index contributed by atoms with van der Waals surface area (Å²) in [6, 6.07) is 7.73. The number of hydrogen-bond donors (Lipinski definition) is 2. The summed E-state index contributed by atoms with van der Waals surface area (Å²) in [5.74, 6) is 0.0206. The second kappa shape index (κ2) is 7.94. The molecule has 1 aliphatic rings. The Bertz CT molecular complexity index is 530. The Hall–Kier alpha value is -1.88. The number of amides is 2. The van der Waals surface area contributed by atoms with E-state index < -0.39 is 0 Å². The van der Waals surface area contributed by atoms with Crippen molar-refractivity contribution < 1.29 is 9.59 Å². The summed E-state index contributed by atoms with van der Waals surface area (Å²) in [7, 11) is 0. The maximum atomic E-state index is 12.8. The molecular weight excluding hydrogens is 278 g/mol. The van der Waals surface area contributed by atoms with Gasteiger partial charge in [-0.25, -0.2) is 0 Å². The number of likely N-dealkylation sites (tertiary alicyclic amines) is 1. The molecule has 1 atom stereocenters. The maximum Gasteiger partial charge on any atom is 0.254 e. The van der Waals surface area contributed by atoms with Crippen molar-refractivity contribution in [1.29, 1.82) is 0 Å². The van der Waals surface area contributed by atoms with Crippen LogP contribution in [0, 0.1) is 6.92 Å². The molecule has 0 aromatic heterocycles. The van der Waals surface area contributed by atoms with Crippen molar-refractivity contribution in [3.05, 3.63) is 35.4 Å². The molecule has 1 aromatic carbocycles. The Morgan fingerprint density at radius 1 is 1.32 bits per heavy atom. The van der Waals surface area contributed by atoms with Crippen LogP contribution in [0.2, 0.25) is 0 Å². The minimum atomic E-state index is -0.0450. The predicted octanol–water partition coefficient (Wildman–Crippen LogP) is 1.45. The van der Waals surface area contributed by atoms with Crippen LogP contribution < -0.4 is 11.1 Å². The van der Waals surface area contributed by atoms with E-state index in [1.54, 1.807) is 0 Å². The molecule has 2 amide bonds. The summed E-state index contributed by atoms with van der Waals surface area (Å²) in [5.41, 5.74) is 7.12. The van der Waals surface area contributed by atoms with Crippen LogP contribution in [0.1, 0.15) is 41.6 Å². The fourth-order valence-electron chi connectivity index (χ4n) is 2.90. The molecule has 0 aliphatic carbocycles. The van der Waals surface area contributed by atoms with Gasteiger partial charge >= 0.3 is 0 Å². The number of rotatable bonds is 5. The molecule has 120 valence electrons. The first-order chi connectivity index (χ1) is 10.6. The van der Waals surface area contributed by atoms with Crippen molar-refractivity contribution in [3.63, 3.8) is 0 Å². The highest BCUT2D eigenvalue weighted by Gasteiger charge is 2.28. The third-order valence-electron chi connectivity index (χ3n) is 4.17. The van der Waals surface area contributed by atoms with Crippen LogP contribution in [-0.4, -0.2) is 42.4 Å². The fourth-order valence-corrected chi connectivity index (χ4v) is 2.90. The molecule has 1 heterocycles. The molecule has 0 saturated carbocycles. The number of piperidine rings is 1. The molecule has 1 fully saturated rings. The zero-order valence-corrected chi connectivity index (χ0v) is 13.2. The SMILES string of the molecule is Cc1ccccc1C(=O)N1CCCCC1CNC(=O)CCN. The molecule has 0 bridgehead atoms. The number of nitrogens with one attached hydrogen (secondary N) is 1. The van der Waals surface area contributed by atoms with Crippen LogP contribution in [0.25, 0.3) is 0 Å². The lowest BCUT2D eigenvalue weighted by Crippen LogP contribution is -2.49. The Morgan fingerprint density at radius 2 is 2.09 bits per heavy atom. The molecule has 5 heteroatoms. The van der Waals surface area contributed by atoms with E-state index >= 15 is 0 Å². The molecule has 1 saturated heterocycles. The summed E-state index contributed by atoms with van der Waals surface area (Å²) >= 11 is 0. The fraction of sp³-hybridized carbons (Fsp3) is 0.529. The third-order valence-corrected chi connectivity index (χ3v) is 4.17. The average Bonchev–Trinajstić information content (AvgIpc) is 2.53. The van der Waals surface area contributed by atoms with Gasteiger partial charge in [0, 0.05) is 37.7 Å². The molecule has 0 spiro atoms. The molecule has 1 aliphatic heterocycles. The highest BCUT2D eigenvalue weighted by Crippen LogP contribution is 2.20. The number of aryl methyl sites for hydroxylation is 1. The van der Waals surface area contributed by atoms with Gasteiger partial charge in [-0.2, -0.15) is 0 Å². The number of nitrogens with zero attached hydrogens (tertiary/aromatic N) is 1. The summed E-state index contributed by atoms with van der Waals surface area (Å²) in [4.78, 5) is 26.3. The quantitative estimate of drug-likeness (QED) is 0.864. The van der Waals surface area contributed by atoms with E-state index in [0.717, 1.165) is 36.9 Å². The van der Waals surface area contributed by atoms with Crippen LogP contribution in [0.15, 0.2) is 24.3 Å². The first kappa shape index (κ1) is 16.5. The Kier molecular flexibility index (Phi) is 5.95. The van der Waals surface area contributed by atoms with Crippen LogP contribution in [0.5, 0.6) is 0 Å². The molecule has 1 aromatic rings. The van der Waals surface area contributed by atoms with Crippen molar-refractivity contribution in [1.82, 2.24) is 10.2 Å². The first-order valence-corrected chi connectivity index (χ1v) is 7.97. The van der Waals surface area contributed by atoms with Crippen LogP contribution >= 0.6 is 0 Å². The van der Waals surface area contributed by atoms with Crippen LogP contribution in [0.4, 0.5) is 0 Å². The minimum Gasteiger partial charge on any atom is -0.354 e. The molecule has 0 radical (unpaired) electrons. The number of hydrogen-bond acceptors (Lipinski definition) is 3. The maximum absolute atomic E-state index is 12.8. The van der Waals surface area contributed by atoms with Gasteiger partial charge < -0.3 is 16.0 Å². The molecule has 3 N–H and O–H groups in total. The lowest BCUT2D eigenvalue weighted by molar-refractivity contribution is -0.121. The average molecular weight is 303 g/mol. The first-order valence-electron chi connectivity index (χ1n) is 7.97. The largest absolute Gasteiger partial charge is 0.354 e. The highest BCUT2D eigenvalue weighted by molar-refractivity contribution is 5.96. The van der Waals surface area contributed by atoms with Crippen molar-refractivity contribution in [2.45, 2.75) is 38.6 Å². The molecule has 1 unspecified atom stereocenters. The van der Waals surface area contributed by atoms with Gasteiger partial charge in [0.2, 0.25) is 5.91 Å². The van der Waals surface area contributed by atoms with Gasteiger partial charge in [0.1, 0.15) is 0 Å². The number of benzene rings is 1. The third kappa shape index (κ3) is 4.07. The molecule has 5 nitrogen and oxygen atoms in total. The predicted molar refractivity (Wildman–Crippen MR) is 86.5 cm³/mol. The van der Waals surface area contributed by atoms with Gasteiger partial charge in [-0.15, -0.1) is 0 Å². The monoisotopic (exact) mass is 303 g/mol. The Morgan fingerprint density at radius 3 is 2.82 bits per heavy atom. The van der Waals surface area contributed by atoms with E-state index in [1.165, 1.54) is 0 Å². The van der Waals surface area contributed by atoms with E-state index in [2.05, 4.69) is 5.32 Å². The van der Waals surface area contributed by atoms with Crippen molar-refractivity contribution >= 4 is 11.8 Å². The van der Waals surface area contributed by atoms with Gasteiger partial charge in [0.25, 0.3) is 5.91 Å². The molecular formula is C17H25N3O2. The van der Waals surface area contributed by atoms with Crippen molar-refractivity contribution in [2.75, 3.05) is 19.6 Å². The second-order valence-electron chi connectivity index (χ2n) is 5.81. The Labute approximate surface area is 131 Å². The van der Waals surface area contributed by atoms with Gasteiger partial charge in [-0.3, -0.25) is 9.59 Å². The molecule has 22 heavy (non-hydrogen) atoms. The zero-order valence-electron chi connectivity index (χ0n) is 13.2. The van der Waals surface area contributed by atoms with Crippen LogP contribution in [0.3, 0.4) is 0 Å². The van der Waals surface area contributed by atoms with E-state index in [-0.39, 0.29) is 17.9 Å². The van der Waals surface area contributed by atoms with Crippen molar-refractivity contribution in [2.24, 2.45) is 5.73 Å². The van der Waals surface area contributed by atoms with Gasteiger partial charge in [0.15, 0.2) is 0 Å². The Balaban J connectivity index is 2.04. The summed E-state index contributed by atoms with van der Waals surface area (Å²) in [6.07, 6.45) is 3.37. The molecule has 2 rings (SSSR count). The smallest absolute Gasteiger partial charge is 0.254 e. The van der Waals surface area contributed by atoms with Crippen LogP contribution in [-0.2, 0) is 4.79 Å². The summed E-state index contributed by atoms with van der Waals surface area (Å²) < 4.78 is 0. The van der Waals surface area contributed by atoms with Gasteiger partial charge in [-0.1, -0.05) is 18.2 Å². The number of carbonyl (C=O) groups is 2. The second-order valence-corrected chi connectivity index (χ2v) is 5.81. The standard InChI is InChI=1S/C17H25N3O2/c1-13-6-2-3-8-15(13)17(22)20-11-5-4-7-14(20)12-19-16(21)9-10-18/h2-3,6,8,14H,4-5,7,9-12,18H2,1H3,(H,19,21). The lowest BCUT2D eigenvalue weighted by Gasteiger charge is -2.36. The number of nitrogens with two attached hydrogens (primary N) is 1. The van der Waals surface area contributed by atoms with E-state index in [0.29, 0.717) is 19.5 Å². The topological polar surface area (TPSA) is 75.4 Å².